The molecule has 0 saturated carbocycles. The number of hydrogen-bond donors (Lipinski definition) is 1. The monoisotopic (exact) mass is 550 g/mol. The summed E-state index contributed by atoms with van der Waals surface area (Å²) in [6.07, 6.45) is 0.354. The van der Waals surface area contributed by atoms with E-state index in [9.17, 15) is 70.8 Å². The van der Waals surface area contributed by atoms with Gasteiger partial charge in [0.2, 0.25) is 11.5 Å². The van der Waals surface area contributed by atoms with Crippen molar-refractivity contribution in [3.05, 3.63) is 101 Å². The average molecular weight is 550 g/mol. The van der Waals surface area contributed by atoms with Crippen molar-refractivity contribution in [2.45, 2.75) is 0 Å². The molecule has 1 N–H and O–H groups in total. The fourth-order valence-corrected chi connectivity index (χ4v) is 3.15. The highest BCUT2D eigenvalue weighted by Crippen LogP contribution is 2.43. The average Bonchev–Trinajstić information content (AvgIpc) is 3.26. The SMILES string of the molecule is O=[N+]([O-])c1cc([N+](=O)[O-])c(Nc2nn(-c3c([N+](=O)[O-])cc([N+](=O)[O-])cc3[N+](=O)[O-])cc2[N+](=O)[O-])c([N+](=O)[O-])c1. The van der Waals surface area contributed by atoms with Gasteiger partial charge in [-0.2, -0.15) is 0 Å². The molecule has 3 rings (SSSR count). The summed E-state index contributed by atoms with van der Waals surface area (Å²) >= 11 is 0. The Kier molecular flexibility index (Phi) is 6.69. The highest BCUT2D eigenvalue weighted by atomic mass is 16.7. The molecule has 0 unspecified atom stereocenters. The van der Waals surface area contributed by atoms with E-state index in [-0.39, 0.29) is 4.68 Å². The molecule has 39 heavy (non-hydrogen) atoms. The van der Waals surface area contributed by atoms with Crippen molar-refractivity contribution < 1.29 is 34.5 Å². The van der Waals surface area contributed by atoms with E-state index in [0.29, 0.717) is 30.5 Å². The molecule has 1 aromatic heterocycles. The minimum absolute atomic E-state index is 0.184. The van der Waals surface area contributed by atoms with Gasteiger partial charge in [-0.3, -0.25) is 70.8 Å². The maximum atomic E-state index is 11.6. The van der Waals surface area contributed by atoms with Crippen LogP contribution < -0.4 is 5.32 Å². The molecule has 0 saturated heterocycles. The van der Waals surface area contributed by atoms with Crippen LogP contribution in [-0.2, 0) is 0 Å². The molecule has 0 spiro atoms. The molecular weight excluding hydrogens is 544 g/mol. The van der Waals surface area contributed by atoms with Crippen molar-refractivity contribution in [1.29, 1.82) is 0 Å². The van der Waals surface area contributed by atoms with Gasteiger partial charge in [0.15, 0.2) is 5.69 Å². The first-order valence-corrected chi connectivity index (χ1v) is 9.37. The van der Waals surface area contributed by atoms with Crippen LogP contribution in [-0.4, -0.2) is 44.2 Å². The van der Waals surface area contributed by atoms with Gasteiger partial charge in [0, 0.05) is 0 Å². The number of nitro groups is 7. The quantitative estimate of drug-likeness (QED) is 0.280. The van der Waals surface area contributed by atoms with Crippen LogP contribution in [0.25, 0.3) is 5.69 Å². The smallest absolute Gasteiger partial charge is 0.322 e. The molecular formula is C15H6N10O14. The summed E-state index contributed by atoms with van der Waals surface area (Å²) in [4.78, 5) is 71.1. The van der Waals surface area contributed by atoms with E-state index in [1.807, 2.05) is 5.32 Å². The molecule has 0 bridgehead atoms. The Morgan fingerprint density at radius 3 is 1.23 bits per heavy atom. The van der Waals surface area contributed by atoms with E-state index in [4.69, 9.17) is 0 Å². The van der Waals surface area contributed by atoms with Crippen LogP contribution in [0.15, 0.2) is 30.5 Å². The Morgan fingerprint density at radius 2 is 0.897 bits per heavy atom. The molecule has 200 valence electrons. The van der Waals surface area contributed by atoms with Crippen LogP contribution in [0.2, 0.25) is 0 Å². The van der Waals surface area contributed by atoms with Gasteiger partial charge < -0.3 is 5.32 Å². The second-order valence-corrected chi connectivity index (χ2v) is 6.92. The van der Waals surface area contributed by atoms with E-state index in [1.54, 1.807) is 0 Å². The Hall–Kier alpha value is -6.75. The van der Waals surface area contributed by atoms with Crippen molar-refractivity contribution in [2.24, 2.45) is 0 Å². The van der Waals surface area contributed by atoms with Crippen molar-refractivity contribution in [1.82, 2.24) is 9.78 Å². The Balaban J connectivity index is 2.35. The third kappa shape index (κ3) is 4.98. The lowest BCUT2D eigenvalue weighted by atomic mass is 10.2. The minimum atomic E-state index is -1.30. The Bertz CT molecular complexity index is 1580. The zero-order valence-electron chi connectivity index (χ0n) is 18.1. The van der Waals surface area contributed by atoms with E-state index in [2.05, 4.69) is 5.10 Å². The van der Waals surface area contributed by atoms with Crippen molar-refractivity contribution >= 4 is 51.3 Å². The molecule has 0 aliphatic rings. The van der Waals surface area contributed by atoms with Crippen molar-refractivity contribution in [2.75, 3.05) is 5.32 Å². The van der Waals surface area contributed by atoms with E-state index >= 15 is 0 Å². The molecule has 24 nitrogen and oxygen atoms in total. The molecule has 24 heteroatoms. The number of benzene rings is 2. The van der Waals surface area contributed by atoms with E-state index < -0.39 is 91.5 Å². The number of nitro benzene ring substituents is 6. The molecule has 0 aliphatic carbocycles. The van der Waals surface area contributed by atoms with Gasteiger partial charge in [0.05, 0.1) is 58.7 Å². The first kappa shape index (κ1) is 26.8. The number of hydrogen-bond acceptors (Lipinski definition) is 16. The number of nitrogens with one attached hydrogen (secondary N) is 1. The number of rotatable bonds is 10. The highest BCUT2D eigenvalue weighted by molar-refractivity contribution is 5.82. The van der Waals surface area contributed by atoms with Gasteiger partial charge in [-0.05, 0) is 0 Å². The largest absolute Gasteiger partial charge is 0.331 e. The van der Waals surface area contributed by atoms with E-state index in [0.717, 1.165) is 0 Å². The lowest BCUT2D eigenvalue weighted by Crippen LogP contribution is -2.07. The third-order valence-corrected chi connectivity index (χ3v) is 4.71. The second kappa shape index (κ2) is 9.72. The van der Waals surface area contributed by atoms with Gasteiger partial charge in [-0.15, -0.1) is 5.10 Å². The Morgan fingerprint density at radius 1 is 0.538 bits per heavy atom. The summed E-state index contributed by atoms with van der Waals surface area (Å²) < 4.78 is 0.184. The predicted molar refractivity (Wildman–Crippen MR) is 120 cm³/mol. The van der Waals surface area contributed by atoms with Crippen LogP contribution in [0.3, 0.4) is 0 Å². The molecule has 2 aromatic carbocycles. The topological polar surface area (TPSA) is 332 Å². The van der Waals surface area contributed by atoms with Crippen LogP contribution in [0.5, 0.6) is 0 Å². The van der Waals surface area contributed by atoms with Gasteiger partial charge in [0.1, 0.15) is 6.20 Å². The second-order valence-electron chi connectivity index (χ2n) is 6.92. The molecule has 0 radical (unpaired) electrons. The number of non-ortho nitro benzene ring substituents is 2. The molecule has 1 heterocycles. The zero-order chi connectivity index (χ0) is 29.3. The summed E-state index contributed by atoms with van der Waals surface area (Å²) in [5.74, 6) is -1.08. The van der Waals surface area contributed by atoms with Gasteiger partial charge in [-0.1, -0.05) is 0 Å². The summed E-state index contributed by atoms with van der Waals surface area (Å²) in [6, 6.07) is 1.19. The lowest BCUT2D eigenvalue weighted by molar-refractivity contribution is -0.403. The number of anilines is 2. The standard InChI is InChI=1S/C15H6N10O14/c26-19(27)6-1-8(21(30)31)13(9(2-6)22(32)33)16-15-12(25(38)39)5-18(17-15)14-10(23(34)35)3-7(20(28)29)4-11(14)24(36)37/h1-5H,(H,16,17). The molecule has 0 fully saturated rings. The normalized spacial score (nSPS) is 10.5. The first-order valence-electron chi connectivity index (χ1n) is 9.37. The van der Waals surface area contributed by atoms with Gasteiger partial charge >= 0.3 is 28.4 Å². The fraction of sp³-hybridized carbons (Fsp3) is 0. The van der Waals surface area contributed by atoms with Crippen LogP contribution in [0, 0.1) is 70.8 Å². The van der Waals surface area contributed by atoms with Crippen LogP contribution >= 0.6 is 0 Å². The molecule has 0 amide bonds. The zero-order valence-corrected chi connectivity index (χ0v) is 18.1. The number of aromatic nitrogens is 2. The first-order chi connectivity index (χ1) is 18.1. The lowest BCUT2D eigenvalue weighted by Gasteiger charge is -2.06. The summed E-state index contributed by atoms with van der Waals surface area (Å²) in [6.45, 7) is 0. The number of nitrogens with zero attached hydrogens (tertiary/aromatic N) is 9. The molecule has 0 aliphatic heterocycles. The highest BCUT2D eigenvalue weighted by Gasteiger charge is 2.37. The summed E-state index contributed by atoms with van der Waals surface area (Å²) in [5, 5.41) is 85.3. The predicted octanol–water partition coefficient (Wildman–Crippen LogP) is 2.97. The van der Waals surface area contributed by atoms with Gasteiger partial charge in [0.25, 0.3) is 11.4 Å². The maximum Gasteiger partial charge on any atom is 0.331 e. The Labute approximate surface area is 208 Å². The molecule has 3 aromatic rings. The van der Waals surface area contributed by atoms with Gasteiger partial charge in [-0.25, -0.2) is 4.68 Å². The molecule has 0 atom stereocenters. The summed E-state index contributed by atoms with van der Waals surface area (Å²) in [7, 11) is 0. The van der Waals surface area contributed by atoms with Crippen molar-refractivity contribution in [3.8, 4) is 5.69 Å². The summed E-state index contributed by atoms with van der Waals surface area (Å²) in [5.41, 5.74) is -10.8. The minimum Gasteiger partial charge on any atom is -0.322 e. The van der Waals surface area contributed by atoms with Crippen molar-refractivity contribution in [3.63, 3.8) is 0 Å². The van der Waals surface area contributed by atoms with E-state index in [1.165, 1.54) is 0 Å². The maximum absolute atomic E-state index is 11.6. The van der Waals surface area contributed by atoms with Crippen LogP contribution in [0.1, 0.15) is 0 Å². The fourth-order valence-electron chi connectivity index (χ4n) is 3.15. The third-order valence-electron chi connectivity index (χ3n) is 4.71. The van der Waals surface area contributed by atoms with Crippen LogP contribution in [0.4, 0.5) is 51.3 Å².